The Hall–Kier alpha value is -4.08. The summed E-state index contributed by atoms with van der Waals surface area (Å²) in [6.45, 7) is 26.0. The molecule has 9 nitrogen and oxygen atoms in total. The van der Waals surface area contributed by atoms with E-state index in [1.807, 2.05) is 32.0 Å². The zero-order chi connectivity index (χ0) is 38.6. The van der Waals surface area contributed by atoms with E-state index >= 15 is 0 Å². The number of aromatic nitrogens is 2. The molecule has 2 N–H and O–H groups in total. The lowest BCUT2D eigenvalue weighted by Gasteiger charge is -2.19. The monoisotopic (exact) mass is 720 g/mol. The standard InChI is InChI=1S/C36H50N4O2.C3H8.C2H5NO2.C2H6/c1-5-38(6-2)24-12-26-40-35-28-33(41-27-13-25-39(7-3)8-4)21-22-34(35)37-36(40)23-18-30-16-19-32(20-17-30)42-29-31-14-10-9-11-15-31;1-3-2;1-5-2(3)4;1-2/h9-11,14-17,19-22,28H,5-8,12-13,18,23-27,29H2,1-4H3;3H2,1-2H3;1H3,(H2,3,4);1-2H3. The van der Waals surface area contributed by atoms with E-state index in [1.54, 1.807) is 0 Å². The van der Waals surface area contributed by atoms with Crippen LogP contribution in [0.4, 0.5) is 4.79 Å². The molecule has 0 spiro atoms. The minimum atomic E-state index is -0.745. The van der Waals surface area contributed by atoms with Crippen molar-refractivity contribution in [2.24, 2.45) is 5.73 Å². The third-order valence-corrected chi connectivity index (χ3v) is 8.34. The number of carbonyl (C=O) groups is 1. The van der Waals surface area contributed by atoms with Crippen LogP contribution in [0.3, 0.4) is 0 Å². The second-order valence-corrected chi connectivity index (χ2v) is 12.1. The van der Waals surface area contributed by atoms with Gasteiger partial charge in [-0.05, 0) is 87.4 Å². The number of fused-ring (bicyclic) bond motifs is 1. The average Bonchev–Trinajstić information content (AvgIpc) is 3.53. The SMILES string of the molecule is CC.CCC.CCN(CC)CCCOc1ccc2nc(CCc3ccc(OCc4ccccc4)cc3)n(CCCN(CC)CC)c2c1.COC(N)=O. The van der Waals surface area contributed by atoms with Gasteiger partial charge in [-0.25, -0.2) is 9.78 Å². The number of nitrogens with zero attached hydrogens (tertiary/aromatic N) is 4. The van der Waals surface area contributed by atoms with Crippen LogP contribution in [-0.2, 0) is 30.7 Å². The van der Waals surface area contributed by atoms with Gasteiger partial charge in [-0.1, -0.05) is 104 Å². The number of hydrogen-bond acceptors (Lipinski definition) is 7. The lowest BCUT2D eigenvalue weighted by Crippen LogP contribution is -2.25. The van der Waals surface area contributed by atoms with Gasteiger partial charge in [0.2, 0.25) is 0 Å². The molecule has 0 bridgehead atoms. The first kappa shape index (κ1) is 45.9. The molecule has 3 aromatic carbocycles. The molecule has 1 amide bonds. The highest BCUT2D eigenvalue weighted by Crippen LogP contribution is 2.24. The molecule has 1 aromatic heterocycles. The molecule has 0 radical (unpaired) electrons. The molecular formula is C43H69N5O4. The Morgan fingerprint density at radius 2 is 1.29 bits per heavy atom. The first-order valence-corrected chi connectivity index (χ1v) is 19.5. The van der Waals surface area contributed by atoms with E-state index in [1.165, 1.54) is 30.2 Å². The molecular weight excluding hydrogens is 651 g/mol. The van der Waals surface area contributed by atoms with Gasteiger partial charge in [-0.3, -0.25) is 0 Å². The van der Waals surface area contributed by atoms with Crippen LogP contribution < -0.4 is 15.2 Å². The predicted octanol–water partition coefficient (Wildman–Crippen LogP) is 9.40. The largest absolute Gasteiger partial charge is 0.493 e. The lowest BCUT2D eigenvalue weighted by atomic mass is 10.1. The Balaban J connectivity index is 0.00000121. The van der Waals surface area contributed by atoms with E-state index in [9.17, 15) is 4.79 Å². The Morgan fingerprint density at radius 3 is 1.85 bits per heavy atom. The summed E-state index contributed by atoms with van der Waals surface area (Å²) in [5.74, 6) is 2.98. The predicted molar refractivity (Wildman–Crippen MR) is 219 cm³/mol. The van der Waals surface area contributed by atoms with Crippen LogP contribution in [-0.4, -0.2) is 78.4 Å². The van der Waals surface area contributed by atoms with Crippen molar-refractivity contribution < 1.29 is 19.0 Å². The van der Waals surface area contributed by atoms with Gasteiger partial charge in [0.25, 0.3) is 0 Å². The van der Waals surface area contributed by atoms with Crippen molar-refractivity contribution in [3.63, 3.8) is 0 Å². The first-order chi connectivity index (χ1) is 25.3. The molecule has 0 fully saturated rings. The zero-order valence-corrected chi connectivity index (χ0v) is 33.8. The fraction of sp³-hybridized carbons (Fsp3) is 0.535. The molecule has 0 aliphatic heterocycles. The van der Waals surface area contributed by atoms with Crippen LogP contribution in [0.15, 0.2) is 72.8 Å². The van der Waals surface area contributed by atoms with E-state index in [2.05, 4.69) is 121 Å². The third kappa shape index (κ3) is 17.9. The summed E-state index contributed by atoms with van der Waals surface area (Å²) in [6, 6.07) is 25.2. The number of carbonyl (C=O) groups excluding carboxylic acids is 1. The number of hydrogen-bond donors (Lipinski definition) is 1. The maximum atomic E-state index is 9.37. The number of rotatable bonds is 19. The Bertz CT molecular complexity index is 1450. The molecule has 4 rings (SSSR count). The number of ether oxygens (including phenoxy) is 3. The number of aryl methyl sites for hydroxylation is 3. The molecule has 0 saturated heterocycles. The summed E-state index contributed by atoms with van der Waals surface area (Å²) in [4.78, 5) is 19.4. The highest BCUT2D eigenvalue weighted by Gasteiger charge is 2.13. The summed E-state index contributed by atoms with van der Waals surface area (Å²) >= 11 is 0. The van der Waals surface area contributed by atoms with Crippen LogP contribution >= 0.6 is 0 Å². The van der Waals surface area contributed by atoms with Crippen molar-refractivity contribution in [3.8, 4) is 11.5 Å². The number of imidazole rings is 1. The highest BCUT2D eigenvalue weighted by atomic mass is 16.5. The molecule has 0 saturated carbocycles. The summed E-state index contributed by atoms with van der Waals surface area (Å²) in [5.41, 5.74) is 9.12. The molecule has 0 atom stereocenters. The van der Waals surface area contributed by atoms with Gasteiger partial charge in [0.05, 0.1) is 24.8 Å². The minimum Gasteiger partial charge on any atom is -0.493 e. The van der Waals surface area contributed by atoms with Crippen molar-refractivity contribution in [1.29, 1.82) is 0 Å². The highest BCUT2D eigenvalue weighted by molar-refractivity contribution is 5.78. The van der Waals surface area contributed by atoms with Gasteiger partial charge in [-0.2, -0.15) is 0 Å². The Labute approximate surface area is 315 Å². The summed E-state index contributed by atoms with van der Waals surface area (Å²) in [5, 5.41) is 0. The van der Waals surface area contributed by atoms with E-state index < -0.39 is 6.09 Å². The second kappa shape index (κ2) is 28.5. The summed E-state index contributed by atoms with van der Waals surface area (Å²) in [6.07, 6.45) is 4.47. The van der Waals surface area contributed by atoms with Crippen LogP contribution in [0.1, 0.15) is 91.6 Å². The van der Waals surface area contributed by atoms with Crippen LogP contribution in [0.2, 0.25) is 0 Å². The first-order valence-electron chi connectivity index (χ1n) is 19.5. The molecule has 52 heavy (non-hydrogen) atoms. The van der Waals surface area contributed by atoms with Gasteiger partial charge in [-0.15, -0.1) is 0 Å². The fourth-order valence-electron chi connectivity index (χ4n) is 5.44. The average molecular weight is 720 g/mol. The number of primary amides is 1. The summed E-state index contributed by atoms with van der Waals surface area (Å²) < 4.78 is 18.5. The Morgan fingerprint density at radius 1 is 0.731 bits per heavy atom. The van der Waals surface area contributed by atoms with Crippen molar-refractivity contribution in [1.82, 2.24) is 19.4 Å². The number of amides is 1. The van der Waals surface area contributed by atoms with E-state index in [0.717, 1.165) is 101 Å². The lowest BCUT2D eigenvalue weighted by molar-refractivity contribution is 0.182. The summed E-state index contributed by atoms with van der Waals surface area (Å²) in [7, 11) is 1.22. The number of benzene rings is 3. The van der Waals surface area contributed by atoms with Crippen molar-refractivity contribution >= 4 is 17.1 Å². The molecule has 0 aliphatic carbocycles. The Kier molecular flexibility index (Phi) is 25.2. The van der Waals surface area contributed by atoms with Crippen molar-refractivity contribution in [3.05, 3.63) is 89.7 Å². The van der Waals surface area contributed by atoms with E-state index in [-0.39, 0.29) is 0 Å². The quantitative estimate of drug-likeness (QED) is 0.0965. The van der Waals surface area contributed by atoms with Gasteiger partial charge in [0.1, 0.15) is 23.9 Å². The van der Waals surface area contributed by atoms with E-state index in [0.29, 0.717) is 6.61 Å². The molecule has 9 heteroatoms. The normalized spacial score (nSPS) is 10.4. The molecule has 0 aliphatic rings. The van der Waals surface area contributed by atoms with Crippen molar-refractivity contribution in [2.45, 2.75) is 101 Å². The maximum absolute atomic E-state index is 9.37. The topological polar surface area (TPSA) is 95.1 Å². The van der Waals surface area contributed by atoms with Gasteiger partial charge >= 0.3 is 6.09 Å². The number of methoxy groups -OCH3 is 1. The van der Waals surface area contributed by atoms with E-state index in [4.69, 9.17) is 14.5 Å². The van der Waals surface area contributed by atoms with Crippen LogP contribution in [0.25, 0.3) is 11.0 Å². The molecule has 4 aromatic rings. The van der Waals surface area contributed by atoms with Crippen LogP contribution in [0.5, 0.6) is 11.5 Å². The maximum Gasteiger partial charge on any atom is 0.404 e. The van der Waals surface area contributed by atoms with Crippen LogP contribution in [0, 0.1) is 0 Å². The third-order valence-electron chi connectivity index (χ3n) is 8.34. The second-order valence-electron chi connectivity index (χ2n) is 12.1. The smallest absolute Gasteiger partial charge is 0.404 e. The van der Waals surface area contributed by atoms with Gasteiger partial charge in [0.15, 0.2) is 0 Å². The molecule has 1 heterocycles. The van der Waals surface area contributed by atoms with Crippen molar-refractivity contribution in [2.75, 3.05) is 53.0 Å². The van der Waals surface area contributed by atoms with Gasteiger partial charge in [0, 0.05) is 25.6 Å². The minimum absolute atomic E-state index is 0.583. The number of nitrogens with two attached hydrogens (primary N) is 1. The zero-order valence-electron chi connectivity index (χ0n) is 33.8. The van der Waals surface area contributed by atoms with Gasteiger partial charge < -0.3 is 34.3 Å². The fourth-order valence-corrected chi connectivity index (χ4v) is 5.44. The molecule has 0 unspecified atom stereocenters. The molecule has 290 valence electrons.